The number of hydrogen-bond acceptors (Lipinski definition) is 3. The van der Waals surface area contributed by atoms with E-state index in [9.17, 15) is 4.79 Å². The van der Waals surface area contributed by atoms with Gasteiger partial charge >= 0.3 is 0 Å². The number of carbonyl (C=O) groups excluding carboxylic acids is 1. The van der Waals surface area contributed by atoms with Crippen molar-refractivity contribution in [1.29, 1.82) is 5.26 Å². The molecule has 0 spiro atoms. The molecule has 4 nitrogen and oxygen atoms in total. The van der Waals surface area contributed by atoms with Crippen molar-refractivity contribution in [3.05, 3.63) is 65.2 Å². The summed E-state index contributed by atoms with van der Waals surface area (Å²) in [6, 6.07) is 16.9. The summed E-state index contributed by atoms with van der Waals surface area (Å²) in [5, 5.41) is 12.1. The van der Waals surface area contributed by atoms with Crippen LogP contribution in [0.15, 0.2) is 48.5 Å². The summed E-state index contributed by atoms with van der Waals surface area (Å²) in [7, 11) is 0. The minimum absolute atomic E-state index is 0.0119. The largest absolute Gasteiger partial charge is 0.489 e. The maximum Gasteiger partial charge on any atom is 0.251 e. The molecular formula is C23H26N2O2. The zero-order valence-electron chi connectivity index (χ0n) is 16.5. The van der Waals surface area contributed by atoms with E-state index in [1.54, 1.807) is 12.1 Å². The first-order valence-corrected chi connectivity index (χ1v) is 9.20. The molecule has 0 unspecified atom stereocenters. The highest BCUT2D eigenvalue weighted by molar-refractivity contribution is 5.94. The van der Waals surface area contributed by atoms with E-state index in [0.717, 1.165) is 11.3 Å². The molecule has 27 heavy (non-hydrogen) atoms. The first-order chi connectivity index (χ1) is 12.7. The number of benzene rings is 2. The van der Waals surface area contributed by atoms with Crippen molar-refractivity contribution in [2.24, 2.45) is 10.8 Å². The van der Waals surface area contributed by atoms with Gasteiger partial charge in [-0.3, -0.25) is 4.79 Å². The molecular weight excluding hydrogens is 336 g/mol. The first-order valence-electron chi connectivity index (χ1n) is 9.20. The number of ether oxygens (including phenoxy) is 1. The van der Waals surface area contributed by atoms with Gasteiger partial charge < -0.3 is 10.1 Å². The molecule has 4 heteroatoms. The Hall–Kier alpha value is -2.80. The van der Waals surface area contributed by atoms with E-state index in [2.05, 4.69) is 39.1 Å². The Balaban J connectivity index is 1.74. The topological polar surface area (TPSA) is 62.1 Å². The van der Waals surface area contributed by atoms with Crippen LogP contribution >= 0.6 is 0 Å². The van der Waals surface area contributed by atoms with Gasteiger partial charge in [0.25, 0.3) is 5.91 Å². The van der Waals surface area contributed by atoms with Gasteiger partial charge in [0, 0.05) is 22.4 Å². The summed E-state index contributed by atoms with van der Waals surface area (Å²) >= 11 is 0. The second-order valence-corrected chi connectivity index (χ2v) is 8.55. The predicted octanol–water partition coefficient (Wildman–Crippen LogP) is 4.48. The smallest absolute Gasteiger partial charge is 0.251 e. The van der Waals surface area contributed by atoms with Crippen molar-refractivity contribution in [3.63, 3.8) is 0 Å². The van der Waals surface area contributed by atoms with Crippen LogP contribution < -0.4 is 10.1 Å². The Morgan fingerprint density at radius 1 is 1.00 bits per heavy atom. The fraction of sp³-hybridized carbons (Fsp3) is 0.391. The van der Waals surface area contributed by atoms with Crippen LogP contribution in [0.4, 0.5) is 0 Å². The molecule has 0 aliphatic heterocycles. The number of rotatable bonds is 4. The molecule has 0 aromatic heterocycles. The molecule has 1 N–H and O–H groups in total. The molecule has 1 saturated carbocycles. The third-order valence-corrected chi connectivity index (χ3v) is 5.67. The summed E-state index contributed by atoms with van der Waals surface area (Å²) in [5.41, 5.74) is 1.96. The number of nitrogens with zero attached hydrogens (tertiary/aromatic N) is 1. The molecule has 1 aliphatic rings. The van der Waals surface area contributed by atoms with Gasteiger partial charge in [-0.15, -0.1) is 0 Å². The van der Waals surface area contributed by atoms with Gasteiger partial charge in [0.1, 0.15) is 11.9 Å². The van der Waals surface area contributed by atoms with Crippen LogP contribution in [0.3, 0.4) is 0 Å². The van der Waals surface area contributed by atoms with Crippen molar-refractivity contribution in [3.8, 4) is 11.8 Å². The summed E-state index contributed by atoms with van der Waals surface area (Å²) in [6.07, 6.45) is -0.0544. The number of carbonyl (C=O) groups is 1. The van der Waals surface area contributed by atoms with E-state index >= 15 is 0 Å². The van der Waals surface area contributed by atoms with Gasteiger partial charge in [0.15, 0.2) is 0 Å². The van der Waals surface area contributed by atoms with Crippen LogP contribution in [0.1, 0.15) is 49.2 Å². The van der Waals surface area contributed by atoms with Crippen molar-refractivity contribution < 1.29 is 9.53 Å². The summed E-state index contributed by atoms with van der Waals surface area (Å²) < 4.78 is 6.25. The number of nitriles is 1. The highest BCUT2D eigenvalue weighted by Crippen LogP contribution is 2.55. The third-order valence-electron chi connectivity index (χ3n) is 5.67. The van der Waals surface area contributed by atoms with Gasteiger partial charge in [-0.2, -0.15) is 5.26 Å². The Morgan fingerprint density at radius 2 is 1.56 bits per heavy atom. The quantitative estimate of drug-likeness (QED) is 0.872. The molecule has 0 heterocycles. The zero-order valence-corrected chi connectivity index (χ0v) is 16.5. The van der Waals surface area contributed by atoms with Crippen LogP contribution in [0.5, 0.6) is 5.75 Å². The SMILES string of the molecule is Cc1ccc(C(=O)NC2C(C)(C)C(Oc3ccc(C#N)cc3)C2(C)C)cc1. The molecule has 0 radical (unpaired) electrons. The lowest BCUT2D eigenvalue weighted by atomic mass is 9.49. The maximum absolute atomic E-state index is 12.7. The first kappa shape index (κ1) is 19.0. The molecule has 1 aliphatic carbocycles. The van der Waals surface area contributed by atoms with Crippen molar-refractivity contribution >= 4 is 5.91 Å². The second kappa shape index (κ2) is 6.74. The van der Waals surface area contributed by atoms with Crippen molar-refractivity contribution in [1.82, 2.24) is 5.32 Å². The monoisotopic (exact) mass is 362 g/mol. The molecule has 1 amide bonds. The predicted molar refractivity (Wildman–Crippen MR) is 106 cm³/mol. The summed E-state index contributed by atoms with van der Waals surface area (Å²) in [4.78, 5) is 12.7. The molecule has 3 rings (SSSR count). The minimum atomic E-state index is -0.224. The van der Waals surface area contributed by atoms with Crippen LogP contribution in [-0.2, 0) is 0 Å². The van der Waals surface area contributed by atoms with E-state index in [-0.39, 0.29) is 28.9 Å². The Labute approximate surface area is 161 Å². The van der Waals surface area contributed by atoms with Crippen molar-refractivity contribution in [2.75, 3.05) is 0 Å². The molecule has 0 saturated heterocycles. The normalized spacial score (nSPS) is 22.2. The fourth-order valence-corrected chi connectivity index (χ4v) is 4.46. The van der Waals surface area contributed by atoms with Gasteiger partial charge in [-0.25, -0.2) is 0 Å². The van der Waals surface area contributed by atoms with E-state index < -0.39 is 0 Å². The van der Waals surface area contributed by atoms with Crippen LogP contribution in [0, 0.1) is 29.1 Å². The highest BCUT2D eigenvalue weighted by Gasteiger charge is 2.64. The maximum atomic E-state index is 12.7. The molecule has 0 atom stereocenters. The van der Waals surface area contributed by atoms with Crippen LogP contribution in [0.2, 0.25) is 0 Å². The number of aryl methyl sites for hydroxylation is 1. The number of hydrogen-bond donors (Lipinski definition) is 1. The van der Waals surface area contributed by atoms with Gasteiger partial charge in [-0.05, 0) is 43.3 Å². The minimum Gasteiger partial charge on any atom is -0.489 e. The molecule has 1 fully saturated rings. The highest BCUT2D eigenvalue weighted by atomic mass is 16.5. The zero-order chi connectivity index (χ0) is 19.8. The standard InChI is InChI=1S/C23H26N2O2/c1-15-6-10-17(11-7-15)19(26)25-20-22(2,3)21(23(20,4)5)27-18-12-8-16(14-24)9-13-18/h6-13,20-21H,1-5H3,(H,25,26). The number of nitrogens with one attached hydrogen (secondary N) is 1. The Morgan fingerprint density at radius 3 is 2.07 bits per heavy atom. The van der Waals surface area contributed by atoms with Crippen LogP contribution in [-0.4, -0.2) is 18.1 Å². The fourth-order valence-electron chi connectivity index (χ4n) is 4.46. The third kappa shape index (κ3) is 3.42. The molecule has 0 bridgehead atoms. The van der Waals surface area contributed by atoms with E-state index in [0.29, 0.717) is 11.1 Å². The van der Waals surface area contributed by atoms with E-state index in [1.165, 1.54) is 0 Å². The average molecular weight is 362 g/mol. The number of amides is 1. The van der Waals surface area contributed by atoms with Crippen molar-refractivity contribution in [2.45, 2.75) is 46.8 Å². The lowest BCUT2D eigenvalue weighted by Gasteiger charge is -2.63. The molecule has 2 aromatic carbocycles. The Kier molecular flexibility index (Phi) is 4.73. The lowest BCUT2D eigenvalue weighted by Crippen LogP contribution is -2.74. The van der Waals surface area contributed by atoms with Gasteiger partial charge in [-0.1, -0.05) is 45.4 Å². The molecule has 140 valence electrons. The second-order valence-electron chi connectivity index (χ2n) is 8.55. The van der Waals surface area contributed by atoms with Gasteiger partial charge in [0.05, 0.1) is 11.6 Å². The summed E-state index contributed by atoms with van der Waals surface area (Å²) in [6.45, 7) is 10.5. The van der Waals surface area contributed by atoms with Gasteiger partial charge in [0.2, 0.25) is 0 Å². The average Bonchev–Trinajstić information content (AvgIpc) is 2.64. The Bertz CT molecular complexity index is 858. The lowest BCUT2D eigenvalue weighted by molar-refractivity contribution is -0.164. The van der Waals surface area contributed by atoms with E-state index in [4.69, 9.17) is 10.00 Å². The van der Waals surface area contributed by atoms with E-state index in [1.807, 2.05) is 43.3 Å². The molecule has 2 aromatic rings. The van der Waals surface area contributed by atoms with Crippen LogP contribution in [0.25, 0.3) is 0 Å². The summed E-state index contributed by atoms with van der Waals surface area (Å²) in [5.74, 6) is 0.682.